The Hall–Kier alpha value is -1.47. The summed E-state index contributed by atoms with van der Waals surface area (Å²) in [7, 11) is 0. The summed E-state index contributed by atoms with van der Waals surface area (Å²) in [6.45, 7) is 6.54. The van der Waals surface area contributed by atoms with Crippen molar-refractivity contribution in [3.63, 3.8) is 0 Å². The smallest absolute Gasteiger partial charge is 0.335 e. The molecule has 22 heavy (non-hydrogen) atoms. The second-order valence-corrected chi connectivity index (χ2v) is 7.44. The molecule has 1 aliphatic rings. The van der Waals surface area contributed by atoms with Gasteiger partial charge in [0.25, 0.3) is 5.91 Å². The number of carboxylic acids is 1. The molecule has 1 aliphatic heterocycles. The van der Waals surface area contributed by atoms with E-state index in [0.29, 0.717) is 10.8 Å². The van der Waals surface area contributed by atoms with Crippen molar-refractivity contribution in [3.8, 4) is 0 Å². The zero-order valence-corrected chi connectivity index (χ0v) is 13.9. The Morgan fingerprint density at radius 2 is 1.95 bits per heavy atom. The molecule has 1 aromatic heterocycles. The van der Waals surface area contributed by atoms with Crippen molar-refractivity contribution >= 4 is 23.2 Å². The summed E-state index contributed by atoms with van der Waals surface area (Å²) in [4.78, 5) is 30.4. The average Bonchev–Trinajstić information content (AvgIpc) is 2.78. The highest BCUT2D eigenvalue weighted by atomic mass is 32.1. The van der Waals surface area contributed by atoms with E-state index in [1.54, 1.807) is 4.90 Å². The molecule has 0 bridgehead atoms. The number of nitrogens with zero attached hydrogens (tertiary/aromatic N) is 2. The number of hydrogen-bond acceptors (Lipinski definition) is 5. The molecular weight excluding hydrogens is 304 g/mol. The lowest BCUT2D eigenvalue weighted by Gasteiger charge is -2.35. The van der Waals surface area contributed by atoms with Gasteiger partial charge in [0.05, 0.1) is 10.7 Å². The SMILES string of the molecule is Cc1nc(CC(C)C)c(C(=O)N2CCC(O)(C(=O)O)CC2)s1. The van der Waals surface area contributed by atoms with Crippen LogP contribution in [0.15, 0.2) is 0 Å². The van der Waals surface area contributed by atoms with E-state index in [2.05, 4.69) is 18.8 Å². The minimum atomic E-state index is -1.71. The van der Waals surface area contributed by atoms with Gasteiger partial charge < -0.3 is 15.1 Å². The molecule has 6 nitrogen and oxygen atoms in total. The van der Waals surface area contributed by atoms with Crippen LogP contribution in [0.5, 0.6) is 0 Å². The summed E-state index contributed by atoms with van der Waals surface area (Å²) < 4.78 is 0. The summed E-state index contributed by atoms with van der Waals surface area (Å²) >= 11 is 1.38. The molecule has 1 fully saturated rings. The summed E-state index contributed by atoms with van der Waals surface area (Å²) in [5, 5.41) is 19.8. The van der Waals surface area contributed by atoms with Crippen molar-refractivity contribution in [2.75, 3.05) is 13.1 Å². The first-order chi connectivity index (χ1) is 10.2. The van der Waals surface area contributed by atoms with Gasteiger partial charge in [-0.1, -0.05) is 13.8 Å². The lowest BCUT2D eigenvalue weighted by Crippen LogP contribution is -2.50. The zero-order valence-electron chi connectivity index (χ0n) is 13.1. The number of aliphatic carboxylic acids is 1. The number of carbonyl (C=O) groups is 2. The van der Waals surface area contributed by atoms with Crippen molar-refractivity contribution in [3.05, 3.63) is 15.6 Å². The Balaban J connectivity index is 2.12. The minimum absolute atomic E-state index is 0.0609. The largest absolute Gasteiger partial charge is 0.479 e. The molecule has 1 aromatic rings. The van der Waals surface area contributed by atoms with Crippen LogP contribution < -0.4 is 0 Å². The maximum absolute atomic E-state index is 12.7. The number of rotatable bonds is 4. The Morgan fingerprint density at radius 3 is 2.45 bits per heavy atom. The van der Waals surface area contributed by atoms with Crippen LogP contribution in [0.1, 0.15) is 47.1 Å². The molecule has 0 spiro atoms. The number of aromatic nitrogens is 1. The highest BCUT2D eigenvalue weighted by Crippen LogP contribution is 2.27. The van der Waals surface area contributed by atoms with Crippen LogP contribution >= 0.6 is 11.3 Å². The van der Waals surface area contributed by atoms with Crippen LogP contribution in [0, 0.1) is 12.8 Å². The van der Waals surface area contributed by atoms with E-state index in [1.165, 1.54) is 11.3 Å². The fourth-order valence-electron chi connectivity index (χ4n) is 2.60. The van der Waals surface area contributed by atoms with Crippen molar-refractivity contribution in [2.45, 2.75) is 45.6 Å². The summed E-state index contributed by atoms with van der Waals surface area (Å²) in [5.74, 6) is -0.908. The van der Waals surface area contributed by atoms with E-state index in [1.807, 2.05) is 6.92 Å². The highest BCUT2D eigenvalue weighted by Gasteiger charge is 2.41. The van der Waals surface area contributed by atoms with Gasteiger partial charge in [-0.2, -0.15) is 0 Å². The lowest BCUT2D eigenvalue weighted by atomic mass is 9.91. The van der Waals surface area contributed by atoms with E-state index >= 15 is 0 Å². The van der Waals surface area contributed by atoms with Gasteiger partial charge in [0, 0.05) is 25.9 Å². The number of aliphatic hydroxyl groups is 1. The van der Waals surface area contributed by atoms with Gasteiger partial charge in [0.1, 0.15) is 4.88 Å². The van der Waals surface area contributed by atoms with E-state index in [9.17, 15) is 14.7 Å². The summed E-state index contributed by atoms with van der Waals surface area (Å²) in [6, 6.07) is 0. The first-order valence-electron chi connectivity index (χ1n) is 7.44. The normalized spacial score (nSPS) is 17.8. The van der Waals surface area contributed by atoms with Gasteiger partial charge in [0.15, 0.2) is 5.60 Å². The van der Waals surface area contributed by atoms with Gasteiger partial charge in [-0.25, -0.2) is 9.78 Å². The Bertz CT molecular complexity index is 574. The van der Waals surface area contributed by atoms with Gasteiger partial charge in [-0.05, 0) is 19.3 Å². The first kappa shape index (κ1) is 16.9. The van der Waals surface area contributed by atoms with Crippen molar-refractivity contribution in [1.29, 1.82) is 0 Å². The third kappa shape index (κ3) is 3.47. The van der Waals surface area contributed by atoms with Gasteiger partial charge in [-0.3, -0.25) is 4.79 Å². The number of aryl methyl sites for hydroxylation is 1. The van der Waals surface area contributed by atoms with E-state index in [0.717, 1.165) is 17.1 Å². The summed E-state index contributed by atoms with van der Waals surface area (Å²) in [5.41, 5.74) is -0.886. The second-order valence-electron chi connectivity index (χ2n) is 6.24. The number of piperidine rings is 1. The van der Waals surface area contributed by atoms with Gasteiger partial charge >= 0.3 is 5.97 Å². The van der Waals surface area contributed by atoms with Gasteiger partial charge in [0.2, 0.25) is 0 Å². The maximum atomic E-state index is 12.7. The zero-order chi connectivity index (χ0) is 16.5. The molecule has 122 valence electrons. The minimum Gasteiger partial charge on any atom is -0.479 e. The molecule has 0 atom stereocenters. The molecule has 0 radical (unpaired) electrons. The second kappa shape index (κ2) is 6.34. The molecule has 1 saturated heterocycles. The topological polar surface area (TPSA) is 90.7 Å². The molecule has 1 amide bonds. The maximum Gasteiger partial charge on any atom is 0.335 e. The summed E-state index contributed by atoms with van der Waals surface area (Å²) in [6.07, 6.45) is 0.870. The van der Waals surface area contributed by atoms with E-state index < -0.39 is 11.6 Å². The molecule has 0 saturated carbocycles. The highest BCUT2D eigenvalue weighted by molar-refractivity contribution is 7.13. The number of carboxylic acid groups (broad SMARTS) is 1. The number of amides is 1. The molecule has 2 heterocycles. The molecule has 0 aliphatic carbocycles. The monoisotopic (exact) mass is 326 g/mol. The van der Waals surface area contributed by atoms with E-state index in [4.69, 9.17) is 5.11 Å². The van der Waals surface area contributed by atoms with Crippen molar-refractivity contribution in [2.24, 2.45) is 5.92 Å². The number of carbonyl (C=O) groups excluding carboxylic acids is 1. The Labute approximate surface area is 133 Å². The van der Waals surface area contributed by atoms with E-state index in [-0.39, 0.29) is 31.8 Å². The van der Waals surface area contributed by atoms with Crippen LogP contribution in [0.2, 0.25) is 0 Å². The molecule has 7 heteroatoms. The number of thiazole rings is 1. The molecule has 0 unspecified atom stereocenters. The fraction of sp³-hybridized carbons (Fsp3) is 0.667. The lowest BCUT2D eigenvalue weighted by molar-refractivity contribution is -0.162. The average molecular weight is 326 g/mol. The van der Waals surface area contributed by atoms with Crippen LogP contribution in [-0.4, -0.2) is 50.7 Å². The molecule has 0 aromatic carbocycles. The number of hydrogen-bond donors (Lipinski definition) is 2. The van der Waals surface area contributed by atoms with Crippen LogP contribution in [0.3, 0.4) is 0 Å². The van der Waals surface area contributed by atoms with Crippen LogP contribution in [-0.2, 0) is 11.2 Å². The Kier molecular flexibility index (Phi) is 4.87. The molecular formula is C15H22N2O4S. The Morgan fingerprint density at radius 1 is 1.36 bits per heavy atom. The molecule has 2 N–H and O–H groups in total. The van der Waals surface area contributed by atoms with Crippen LogP contribution in [0.4, 0.5) is 0 Å². The third-order valence-electron chi connectivity index (χ3n) is 3.88. The van der Waals surface area contributed by atoms with Crippen molar-refractivity contribution < 1.29 is 19.8 Å². The number of likely N-dealkylation sites (tertiary alicyclic amines) is 1. The fourth-order valence-corrected chi connectivity index (χ4v) is 3.51. The third-order valence-corrected chi connectivity index (χ3v) is 4.88. The van der Waals surface area contributed by atoms with Crippen molar-refractivity contribution in [1.82, 2.24) is 9.88 Å². The first-order valence-corrected chi connectivity index (χ1v) is 8.26. The predicted molar refractivity (Wildman–Crippen MR) is 83.1 cm³/mol. The standard InChI is InChI=1S/C15H22N2O4S/c1-9(2)8-11-12(22-10(3)16-11)13(18)17-6-4-15(21,5-7-17)14(19)20/h9,21H,4-8H2,1-3H3,(H,19,20). The van der Waals surface area contributed by atoms with Crippen LogP contribution in [0.25, 0.3) is 0 Å². The quantitative estimate of drug-likeness (QED) is 0.879. The predicted octanol–water partition coefficient (Wildman–Crippen LogP) is 1.70. The van der Waals surface area contributed by atoms with Gasteiger partial charge in [-0.15, -0.1) is 11.3 Å². The molecule has 2 rings (SSSR count).